The van der Waals surface area contributed by atoms with Gasteiger partial charge in [0.1, 0.15) is 0 Å². The van der Waals surface area contributed by atoms with Crippen molar-refractivity contribution in [3.63, 3.8) is 0 Å². The average molecular weight is 204 g/mol. The summed E-state index contributed by atoms with van der Waals surface area (Å²) in [6.45, 7) is 2.78. The summed E-state index contributed by atoms with van der Waals surface area (Å²) >= 11 is 2.86. The summed E-state index contributed by atoms with van der Waals surface area (Å²) in [7, 11) is 1.74. The van der Waals surface area contributed by atoms with Gasteiger partial charge in [0.2, 0.25) is 0 Å². The number of amides is 1. The maximum absolute atomic E-state index is 10.9. The zero-order valence-electron chi connectivity index (χ0n) is 6.15. The van der Waals surface area contributed by atoms with Gasteiger partial charge in [-0.25, -0.2) is 0 Å². The van der Waals surface area contributed by atoms with E-state index in [0.29, 0.717) is 0 Å². The number of rotatable bonds is 2. The first-order chi connectivity index (χ1) is 4.72. The van der Waals surface area contributed by atoms with Gasteiger partial charge in [-0.2, -0.15) is 0 Å². The van der Waals surface area contributed by atoms with Crippen LogP contribution in [0.2, 0.25) is 0 Å². The van der Waals surface area contributed by atoms with E-state index in [9.17, 15) is 4.79 Å². The lowest BCUT2D eigenvalue weighted by Gasteiger charge is -2.10. The quantitative estimate of drug-likeness (QED) is 0.619. The molecule has 0 aliphatic carbocycles. The summed E-state index contributed by atoms with van der Waals surface area (Å²) in [6, 6.07) is 0. The Morgan fingerprint density at radius 1 is 1.70 bits per heavy atom. The molecule has 3 heteroatoms. The molecule has 0 aromatic heterocycles. The SMILES string of the molecule is CCCN(C)C(=O)C#CBr. The van der Waals surface area contributed by atoms with Crippen LogP contribution >= 0.6 is 15.9 Å². The lowest BCUT2D eigenvalue weighted by molar-refractivity contribution is -0.123. The van der Waals surface area contributed by atoms with E-state index in [2.05, 4.69) is 26.7 Å². The first kappa shape index (κ1) is 9.51. The maximum atomic E-state index is 10.9. The van der Waals surface area contributed by atoms with Crippen molar-refractivity contribution in [2.24, 2.45) is 0 Å². The molecule has 0 atom stereocenters. The summed E-state index contributed by atoms with van der Waals surface area (Å²) < 4.78 is 0. The molecule has 0 spiro atoms. The highest BCUT2D eigenvalue weighted by atomic mass is 79.9. The van der Waals surface area contributed by atoms with Gasteiger partial charge in [0, 0.05) is 35.4 Å². The van der Waals surface area contributed by atoms with Crippen LogP contribution < -0.4 is 0 Å². The summed E-state index contributed by atoms with van der Waals surface area (Å²) in [5.41, 5.74) is 0. The Kier molecular flexibility index (Phi) is 5.05. The minimum atomic E-state index is -0.140. The van der Waals surface area contributed by atoms with Crippen molar-refractivity contribution < 1.29 is 4.79 Å². The van der Waals surface area contributed by atoms with Crippen LogP contribution in [0.15, 0.2) is 0 Å². The van der Waals surface area contributed by atoms with Crippen molar-refractivity contribution in [1.29, 1.82) is 0 Å². The van der Waals surface area contributed by atoms with Crippen LogP contribution in [0.25, 0.3) is 0 Å². The standard InChI is InChI=1S/C7H10BrNO/c1-3-6-9(2)7(10)4-5-8/h3,6H2,1-2H3. The average Bonchev–Trinajstić information content (AvgIpc) is 1.89. The smallest absolute Gasteiger partial charge is 0.299 e. The Morgan fingerprint density at radius 2 is 2.30 bits per heavy atom. The molecule has 0 N–H and O–H groups in total. The second kappa shape index (κ2) is 5.31. The van der Waals surface area contributed by atoms with E-state index in [4.69, 9.17) is 0 Å². The largest absolute Gasteiger partial charge is 0.335 e. The molecule has 0 unspecified atom stereocenters. The molecule has 0 rings (SSSR count). The van der Waals surface area contributed by atoms with E-state index < -0.39 is 0 Å². The fraction of sp³-hybridized carbons (Fsp3) is 0.571. The third kappa shape index (κ3) is 3.52. The normalized spacial score (nSPS) is 7.90. The molecule has 10 heavy (non-hydrogen) atoms. The van der Waals surface area contributed by atoms with Gasteiger partial charge >= 0.3 is 0 Å². The van der Waals surface area contributed by atoms with Crippen molar-refractivity contribution in [2.75, 3.05) is 13.6 Å². The van der Waals surface area contributed by atoms with Crippen LogP contribution in [-0.2, 0) is 4.79 Å². The highest BCUT2D eigenvalue weighted by Gasteiger charge is 2.01. The third-order valence-corrected chi connectivity index (χ3v) is 1.26. The molecule has 0 saturated carbocycles. The van der Waals surface area contributed by atoms with Gasteiger partial charge in [-0.1, -0.05) is 6.92 Å². The minimum Gasteiger partial charge on any atom is -0.335 e. The Morgan fingerprint density at radius 3 is 2.70 bits per heavy atom. The Hall–Kier alpha value is -0.490. The van der Waals surface area contributed by atoms with Gasteiger partial charge < -0.3 is 4.90 Å². The molecular weight excluding hydrogens is 194 g/mol. The molecule has 0 aromatic carbocycles. The van der Waals surface area contributed by atoms with Crippen LogP contribution in [-0.4, -0.2) is 24.4 Å². The first-order valence-electron chi connectivity index (χ1n) is 3.09. The van der Waals surface area contributed by atoms with E-state index in [1.807, 2.05) is 6.92 Å². The molecule has 0 radical (unpaired) electrons. The highest BCUT2D eigenvalue weighted by Crippen LogP contribution is 1.86. The zero-order valence-corrected chi connectivity index (χ0v) is 7.73. The van der Waals surface area contributed by atoms with Gasteiger partial charge in [0.25, 0.3) is 5.91 Å². The molecular formula is C7H10BrNO. The molecule has 0 heterocycles. The number of carbonyl (C=O) groups excluding carboxylic acids is 1. The molecule has 0 saturated heterocycles. The lowest BCUT2D eigenvalue weighted by atomic mass is 10.4. The van der Waals surface area contributed by atoms with Crippen LogP contribution in [0.4, 0.5) is 0 Å². The van der Waals surface area contributed by atoms with Gasteiger partial charge in [-0.05, 0) is 11.3 Å². The van der Waals surface area contributed by atoms with E-state index in [1.54, 1.807) is 11.9 Å². The zero-order chi connectivity index (χ0) is 7.98. The Labute approximate surface area is 69.7 Å². The van der Waals surface area contributed by atoms with Crippen LogP contribution in [0.1, 0.15) is 13.3 Å². The molecule has 2 nitrogen and oxygen atoms in total. The molecule has 0 aliphatic rings. The molecule has 0 aliphatic heterocycles. The number of hydrogen-bond acceptors (Lipinski definition) is 1. The predicted octanol–water partition coefficient (Wildman–Crippen LogP) is 1.21. The van der Waals surface area contributed by atoms with Crippen molar-refractivity contribution in [2.45, 2.75) is 13.3 Å². The van der Waals surface area contributed by atoms with Crippen molar-refractivity contribution >= 4 is 21.8 Å². The van der Waals surface area contributed by atoms with Crippen LogP contribution in [0.3, 0.4) is 0 Å². The van der Waals surface area contributed by atoms with Crippen molar-refractivity contribution in [3.8, 4) is 10.8 Å². The van der Waals surface area contributed by atoms with E-state index in [1.165, 1.54) is 0 Å². The Balaban J connectivity index is 3.78. The second-order valence-electron chi connectivity index (χ2n) is 1.95. The van der Waals surface area contributed by atoms with E-state index >= 15 is 0 Å². The lowest BCUT2D eigenvalue weighted by Crippen LogP contribution is -2.25. The van der Waals surface area contributed by atoms with Gasteiger partial charge in [-0.15, -0.1) is 0 Å². The second-order valence-corrected chi connectivity index (χ2v) is 2.34. The molecule has 0 bridgehead atoms. The van der Waals surface area contributed by atoms with Crippen molar-refractivity contribution in [3.05, 3.63) is 0 Å². The van der Waals surface area contributed by atoms with Crippen molar-refractivity contribution in [1.82, 2.24) is 4.90 Å². The summed E-state index contributed by atoms with van der Waals surface area (Å²) in [5, 5.41) is 0. The third-order valence-electron chi connectivity index (χ3n) is 1.06. The molecule has 0 fully saturated rings. The molecule has 0 aromatic rings. The number of hydrogen-bond donors (Lipinski definition) is 0. The molecule has 56 valence electrons. The number of carbonyl (C=O) groups is 1. The first-order valence-corrected chi connectivity index (χ1v) is 3.88. The van der Waals surface area contributed by atoms with E-state index in [0.717, 1.165) is 13.0 Å². The maximum Gasteiger partial charge on any atom is 0.299 e. The van der Waals surface area contributed by atoms with Gasteiger partial charge in [-0.3, -0.25) is 4.79 Å². The summed E-state index contributed by atoms with van der Waals surface area (Å²) in [4.78, 5) is 14.8. The van der Waals surface area contributed by atoms with Crippen LogP contribution in [0, 0.1) is 10.8 Å². The monoisotopic (exact) mass is 203 g/mol. The summed E-state index contributed by atoms with van der Waals surface area (Å²) in [5.74, 6) is 2.24. The fourth-order valence-corrected chi connectivity index (χ4v) is 0.742. The van der Waals surface area contributed by atoms with Gasteiger partial charge in [0.05, 0.1) is 0 Å². The fourth-order valence-electron chi connectivity index (χ4n) is 0.573. The summed E-state index contributed by atoms with van der Waals surface area (Å²) in [6.07, 6.45) is 0.964. The topological polar surface area (TPSA) is 20.3 Å². The predicted molar refractivity (Wildman–Crippen MR) is 44.6 cm³/mol. The number of nitrogens with zero attached hydrogens (tertiary/aromatic N) is 1. The van der Waals surface area contributed by atoms with E-state index in [-0.39, 0.29) is 5.91 Å². The minimum absolute atomic E-state index is 0.140. The number of halogens is 1. The Bertz CT molecular complexity index is 168. The highest BCUT2D eigenvalue weighted by molar-refractivity contribution is 9.12. The molecule has 1 amide bonds. The van der Waals surface area contributed by atoms with Crippen LogP contribution in [0.5, 0.6) is 0 Å². The van der Waals surface area contributed by atoms with Gasteiger partial charge in [0.15, 0.2) is 0 Å².